The van der Waals surface area contributed by atoms with Crippen LogP contribution in [0.4, 0.5) is 0 Å². The van der Waals surface area contributed by atoms with Gasteiger partial charge in [-0.05, 0) is 0 Å². The second-order valence-corrected chi connectivity index (χ2v) is 9.25. The molecule has 0 aromatic rings. The van der Waals surface area contributed by atoms with E-state index in [0.29, 0.717) is 0 Å². The Morgan fingerprint density at radius 3 is 0.600 bits per heavy atom. The van der Waals surface area contributed by atoms with Gasteiger partial charge in [0.15, 0.2) is 0 Å². The molecule has 0 saturated carbocycles. The molecule has 0 bridgehead atoms. The van der Waals surface area contributed by atoms with Gasteiger partial charge in [-0.2, -0.15) is 0 Å². The molecule has 6 nitrogen and oxygen atoms in total. The van der Waals surface area contributed by atoms with Gasteiger partial charge in [0.2, 0.25) is 0 Å². The first-order valence-corrected chi connectivity index (χ1v) is 9.29. The molecule has 0 saturated heterocycles. The maximum absolute atomic E-state index is 7.69. The Hall–Kier alpha value is 1.66. The molecule has 6 N–H and O–H groups in total. The van der Waals surface area contributed by atoms with E-state index in [9.17, 15) is 0 Å². The van der Waals surface area contributed by atoms with E-state index in [-0.39, 0.29) is 0 Å². The fourth-order valence-electron chi connectivity index (χ4n) is 0. The predicted octanol–water partition coefficient (Wildman–Crippen LogP) is -2.38. The van der Waals surface area contributed by atoms with Crippen molar-refractivity contribution in [1.82, 2.24) is 0 Å². The Balaban J connectivity index is 0. The van der Waals surface area contributed by atoms with E-state index in [1.807, 2.05) is 0 Å². The van der Waals surface area contributed by atoms with Crippen LogP contribution in [-0.2, 0) is 0 Å². The van der Waals surface area contributed by atoms with Gasteiger partial charge in [-0.25, -0.2) is 0 Å². The van der Waals surface area contributed by atoms with Crippen molar-refractivity contribution < 1.29 is 29.4 Å². The van der Waals surface area contributed by atoms with E-state index in [0.717, 1.165) is 0 Å². The third-order valence-electron chi connectivity index (χ3n) is 0. The average molecular weight is 322 g/mol. The standard InChI is InChI=1S/2H3O3PSe/c2*1-4(2,3)5/h2*(H3,1,2,3,5). The number of hydrogen-bond acceptors (Lipinski definition) is 6. The van der Waals surface area contributed by atoms with Gasteiger partial charge >= 0.3 is 71.9 Å². The molecule has 0 heterocycles. The molecular weight excluding hydrogens is 316 g/mol. The molecule has 0 unspecified atom stereocenters. The zero-order chi connectivity index (χ0) is 9.00. The van der Waals surface area contributed by atoms with Crippen LogP contribution in [0.5, 0.6) is 0 Å². The van der Waals surface area contributed by atoms with Crippen molar-refractivity contribution in [1.29, 1.82) is 0 Å². The van der Waals surface area contributed by atoms with Crippen molar-refractivity contribution in [2.24, 2.45) is 0 Å². The normalized spacial score (nSPS) is 11.8. The van der Waals surface area contributed by atoms with Crippen molar-refractivity contribution in [3.8, 4) is 0 Å². The van der Waals surface area contributed by atoms with Crippen LogP contribution in [0.2, 0.25) is 0 Å². The van der Waals surface area contributed by atoms with Gasteiger partial charge in [-0.1, -0.05) is 0 Å². The molecule has 0 radical (unpaired) electrons. The predicted molar refractivity (Wildman–Crippen MR) is 38.7 cm³/mol. The van der Waals surface area contributed by atoms with Crippen LogP contribution in [0.15, 0.2) is 0 Å². The van der Waals surface area contributed by atoms with E-state index in [1.54, 1.807) is 30.2 Å². The van der Waals surface area contributed by atoms with Crippen LogP contribution in [0.1, 0.15) is 0 Å². The number of hydrogen-bond donors (Lipinski definition) is 6. The zero-order valence-electron chi connectivity index (χ0n) is 4.39. The third kappa shape index (κ3) is 263. The summed E-state index contributed by atoms with van der Waals surface area (Å²) in [5.74, 6) is 0. The first kappa shape index (κ1) is 14.2. The fraction of sp³-hybridized carbons (Fsp3) is 0. The van der Waals surface area contributed by atoms with Crippen molar-refractivity contribution in [2.45, 2.75) is 0 Å². The SMILES string of the molecule is OP(O)(O)=[Se].OP(O)(O)=[Se]. The second-order valence-electron chi connectivity index (χ2n) is 1.03. The van der Waals surface area contributed by atoms with Gasteiger partial charge in [0.25, 0.3) is 0 Å². The molecular formula is H6O6P2Se2. The molecule has 0 atom stereocenters. The minimum atomic E-state index is -3.51. The Kier molecular flexibility index (Phi) is 7.57. The van der Waals surface area contributed by atoms with Crippen LogP contribution >= 0.6 is 12.4 Å². The first-order valence-electron chi connectivity index (χ1n) is 1.57. The van der Waals surface area contributed by atoms with Crippen LogP contribution in [0.3, 0.4) is 0 Å². The molecule has 0 aromatic carbocycles. The van der Waals surface area contributed by atoms with Gasteiger partial charge < -0.3 is 0 Å². The summed E-state index contributed by atoms with van der Waals surface area (Å²) in [6.45, 7) is 0. The topological polar surface area (TPSA) is 121 Å². The van der Waals surface area contributed by atoms with E-state index in [2.05, 4.69) is 0 Å². The van der Waals surface area contributed by atoms with Crippen LogP contribution in [-0.4, -0.2) is 59.6 Å². The van der Waals surface area contributed by atoms with Crippen molar-refractivity contribution in [3.05, 3.63) is 0 Å². The van der Waals surface area contributed by atoms with Crippen molar-refractivity contribution >= 4 is 42.6 Å². The summed E-state index contributed by atoms with van der Waals surface area (Å²) >= 11 is 3.51. The van der Waals surface area contributed by atoms with Gasteiger partial charge in [0, 0.05) is 0 Å². The zero-order valence-corrected chi connectivity index (χ0v) is 9.61. The fourth-order valence-corrected chi connectivity index (χ4v) is 0. The van der Waals surface area contributed by atoms with Crippen LogP contribution < -0.4 is 0 Å². The number of rotatable bonds is 0. The van der Waals surface area contributed by atoms with Gasteiger partial charge in [-0.3, -0.25) is 0 Å². The Bertz CT molecular complexity index is 126. The molecule has 64 valence electrons. The van der Waals surface area contributed by atoms with Gasteiger partial charge in [0.05, 0.1) is 0 Å². The molecule has 0 spiro atoms. The Morgan fingerprint density at radius 2 is 0.600 bits per heavy atom. The molecule has 0 aliphatic carbocycles. The quantitative estimate of drug-likeness (QED) is 0.219. The van der Waals surface area contributed by atoms with E-state index >= 15 is 0 Å². The monoisotopic (exact) mass is 324 g/mol. The van der Waals surface area contributed by atoms with Crippen LogP contribution in [0, 0.1) is 0 Å². The molecule has 0 aromatic heterocycles. The molecule has 10 heavy (non-hydrogen) atoms. The summed E-state index contributed by atoms with van der Waals surface area (Å²) in [6.07, 6.45) is -7.03. The van der Waals surface area contributed by atoms with E-state index < -0.39 is 12.4 Å². The van der Waals surface area contributed by atoms with Gasteiger partial charge in [-0.15, -0.1) is 0 Å². The van der Waals surface area contributed by atoms with Crippen LogP contribution in [0.25, 0.3) is 0 Å². The molecule has 0 fully saturated rings. The molecule has 0 rings (SSSR count). The van der Waals surface area contributed by atoms with Crippen molar-refractivity contribution in [2.75, 3.05) is 0 Å². The third-order valence-corrected chi connectivity index (χ3v) is 0. The van der Waals surface area contributed by atoms with Gasteiger partial charge in [0.1, 0.15) is 0 Å². The minimum absolute atomic E-state index is 1.76. The summed E-state index contributed by atoms with van der Waals surface area (Å²) < 4.78 is 0. The Morgan fingerprint density at radius 1 is 0.600 bits per heavy atom. The molecule has 10 heteroatoms. The summed E-state index contributed by atoms with van der Waals surface area (Å²) in [5.41, 5.74) is 0. The second kappa shape index (κ2) is 5.33. The summed E-state index contributed by atoms with van der Waals surface area (Å²) in [4.78, 5) is 46.1. The molecule has 0 aliphatic heterocycles. The average Bonchev–Trinajstić information content (AvgIpc) is 1.12. The summed E-state index contributed by atoms with van der Waals surface area (Å²) in [6, 6.07) is 0. The van der Waals surface area contributed by atoms with E-state index in [1.165, 1.54) is 0 Å². The first-order chi connectivity index (χ1) is 4.00. The summed E-state index contributed by atoms with van der Waals surface area (Å²) in [5, 5.41) is 0. The molecule has 0 aliphatic rings. The van der Waals surface area contributed by atoms with E-state index in [4.69, 9.17) is 29.4 Å². The van der Waals surface area contributed by atoms with Crippen molar-refractivity contribution in [3.63, 3.8) is 0 Å². The maximum atomic E-state index is 7.69. The Labute approximate surface area is 72.1 Å². The molecule has 0 amide bonds. The summed E-state index contributed by atoms with van der Waals surface area (Å²) in [7, 11) is 0.